The van der Waals surface area contributed by atoms with Gasteiger partial charge in [-0.1, -0.05) is 0 Å². The third-order valence-electron chi connectivity index (χ3n) is 5.01. The molecule has 3 rings (SSSR count). The van der Waals surface area contributed by atoms with Crippen molar-refractivity contribution in [2.45, 2.75) is 20.8 Å². The number of anilines is 2. The minimum Gasteiger partial charge on any atom is -0.452 e. The third-order valence-corrected chi connectivity index (χ3v) is 5.01. The number of imide groups is 1. The van der Waals surface area contributed by atoms with Gasteiger partial charge in [-0.15, -0.1) is 0 Å². The zero-order chi connectivity index (χ0) is 23.4. The number of carbonyl (C=O) groups excluding carboxylic acids is 5. The molecule has 0 bridgehead atoms. The molecule has 1 aliphatic rings. The number of fused-ring (bicyclic) bond motifs is 1. The summed E-state index contributed by atoms with van der Waals surface area (Å²) >= 11 is 0. The molecule has 0 aromatic heterocycles. The molecule has 0 unspecified atom stereocenters. The number of ether oxygens (including phenoxy) is 1. The van der Waals surface area contributed by atoms with Gasteiger partial charge in [-0.05, 0) is 56.3 Å². The van der Waals surface area contributed by atoms with Gasteiger partial charge in [-0.3, -0.25) is 19.2 Å². The molecule has 0 atom stereocenters. The molecular formula is C23H23N3O6. The van der Waals surface area contributed by atoms with E-state index in [1.165, 1.54) is 30.0 Å². The van der Waals surface area contributed by atoms with E-state index >= 15 is 0 Å². The Labute approximate surface area is 184 Å². The van der Waals surface area contributed by atoms with E-state index in [4.69, 9.17) is 4.74 Å². The van der Waals surface area contributed by atoms with E-state index in [0.29, 0.717) is 24.5 Å². The van der Waals surface area contributed by atoms with E-state index in [9.17, 15) is 24.0 Å². The normalized spacial score (nSPS) is 12.4. The Balaban J connectivity index is 1.76. The van der Waals surface area contributed by atoms with Crippen LogP contribution < -0.4 is 10.2 Å². The third kappa shape index (κ3) is 4.51. The Morgan fingerprint density at radius 2 is 1.56 bits per heavy atom. The summed E-state index contributed by atoms with van der Waals surface area (Å²) in [6.45, 7) is 5.63. The molecule has 1 aliphatic heterocycles. The van der Waals surface area contributed by atoms with E-state index < -0.39 is 24.4 Å². The van der Waals surface area contributed by atoms with Crippen LogP contribution in [0.15, 0.2) is 42.5 Å². The van der Waals surface area contributed by atoms with Gasteiger partial charge < -0.3 is 15.0 Å². The highest BCUT2D eigenvalue weighted by Gasteiger charge is 2.37. The van der Waals surface area contributed by atoms with Crippen molar-refractivity contribution >= 4 is 41.0 Å². The Kier molecular flexibility index (Phi) is 6.67. The van der Waals surface area contributed by atoms with Crippen molar-refractivity contribution in [1.29, 1.82) is 0 Å². The van der Waals surface area contributed by atoms with E-state index in [0.717, 1.165) is 4.90 Å². The SMILES string of the molecule is CCN(CC)C(=O)COC(=O)c1ccc2c(c1)C(=O)N(c1ccc(NC(C)=O)cc1)C2=O. The van der Waals surface area contributed by atoms with Gasteiger partial charge in [-0.25, -0.2) is 9.69 Å². The maximum Gasteiger partial charge on any atom is 0.338 e. The number of carbonyl (C=O) groups is 5. The van der Waals surface area contributed by atoms with Crippen LogP contribution in [-0.2, 0) is 14.3 Å². The fourth-order valence-corrected chi connectivity index (χ4v) is 3.38. The van der Waals surface area contributed by atoms with E-state index in [1.807, 2.05) is 13.8 Å². The van der Waals surface area contributed by atoms with Crippen LogP contribution in [0.25, 0.3) is 0 Å². The summed E-state index contributed by atoms with van der Waals surface area (Å²) < 4.78 is 5.08. The van der Waals surface area contributed by atoms with Crippen LogP contribution in [0.1, 0.15) is 51.8 Å². The highest BCUT2D eigenvalue weighted by atomic mass is 16.5. The van der Waals surface area contributed by atoms with Crippen molar-refractivity contribution in [3.8, 4) is 0 Å². The highest BCUT2D eigenvalue weighted by Crippen LogP contribution is 2.30. The second-order valence-electron chi connectivity index (χ2n) is 7.08. The quantitative estimate of drug-likeness (QED) is 0.526. The van der Waals surface area contributed by atoms with Crippen molar-refractivity contribution in [2.24, 2.45) is 0 Å². The van der Waals surface area contributed by atoms with Crippen molar-refractivity contribution < 1.29 is 28.7 Å². The van der Waals surface area contributed by atoms with Crippen molar-refractivity contribution in [3.05, 3.63) is 59.2 Å². The first-order valence-corrected chi connectivity index (χ1v) is 10.1. The summed E-state index contributed by atoms with van der Waals surface area (Å²) in [6, 6.07) is 10.3. The van der Waals surface area contributed by atoms with Crippen LogP contribution in [0, 0.1) is 0 Å². The van der Waals surface area contributed by atoms with Crippen LogP contribution in [0.4, 0.5) is 11.4 Å². The van der Waals surface area contributed by atoms with Crippen molar-refractivity contribution in [2.75, 3.05) is 29.9 Å². The Bertz CT molecular complexity index is 1090. The molecule has 0 aliphatic carbocycles. The molecule has 1 N–H and O–H groups in total. The Hall–Kier alpha value is -4.01. The molecule has 0 saturated carbocycles. The molecule has 32 heavy (non-hydrogen) atoms. The number of nitrogens with one attached hydrogen (secondary N) is 1. The number of hydrogen-bond donors (Lipinski definition) is 1. The number of benzene rings is 2. The van der Waals surface area contributed by atoms with Crippen molar-refractivity contribution in [3.63, 3.8) is 0 Å². The molecule has 0 radical (unpaired) electrons. The molecule has 0 spiro atoms. The molecule has 4 amide bonds. The van der Waals surface area contributed by atoms with E-state index in [1.54, 1.807) is 24.3 Å². The second kappa shape index (κ2) is 9.42. The van der Waals surface area contributed by atoms with Crippen LogP contribution in [0.2, 0.25) is 0 Å². The number of likely N-dealkylation sites (N-methyl/N-ethyl adjacent to an activating group) is 1. The second-order valence-corrected chi connectivity index (χ2v) is 7.08. The van der Waals surface area contributed by atoms with Gasteiger partial charge in [0.15, 0.2) is 6.61 Å². The van der Waals surface area contributed by atoms with Crippen LogP contribution >= 0.6 is 0 Å². The van der Waals surface area contributed by atoms with Gasteiger partial charge in [0.05, 0.1) is 22.4 Å². The van der Waals surface area contributed by atoms with E-state index in [2.05, 4.69) is 5.32 Å². The lowest BCUT2D eigenvalue weighted by Crippen LogP contribution is -2.34. The van der Waals surface area contributed by atoms with Gasteiger partial charge >= 0.3 is 5.97 Å². The van der Waals surface area contributed by atoms with Gasteiger partial charge in [0.25, 0.3) is 17.7 Å². The predicted octanol–water partition coefficient (Wildman–Crippen LogP) is 2.47. The standard InChI is InChI=1S/C23H23N3O6/c1-4-25(5-2)20(28)13-32-23(31)15-6-11-18-19(12-15)22(30)26(21(18)29)17-9-7-16(8-10-17)24-14(3)27/h6-12H,4-5,13H2,1-3H3,(H,24,27). The summed E-state index contributed by atoms with van der Waals surface area (Å²) in [5, 5.41) is 2.61. The zero-order valence-corrected chi connectivity index (χ0v) is 18.0. The molecule has 166 valence electrons. The number of hydrogen-bond acceptors (Lipinski definition) is 6. The smallest absolute Gasteiger partial charge is 0.338 e. The molecule has 0 fully saturated rings. The van der Waals surface area contributed by atoms with Gasteiger partial charge in [0.1, 0.15) is 0 Å². The zero-order valence-electron chi connectivity index (χ0n) is 18.0. The first-order chi connectivity index (χ1) is 15.3. The fourth-order valence-electron chi connectivity index (χ4n) is 3.38. The molecule has 9 heteroatoms. The maximum absolute atomic E-state index is 12.9. The molecule has 2 aromatic rings. The number of esters is 1. The molecular weight excluding hydrogens is 414 g/mol. The highest BCUT2D eigenvalue weighted by molar-refractivity contribution is 6.34. The Morgan fingerprint density at radius 1 is 0.938 bits per heavy atom. The van der Waals surface area contributed by atoms with Crippen molar-refractivity contribution in [1.82, 2.24) is 4.90 Å². The van der Waals surface area contributed by atoms with E-state index in [-0.39, 0.29) is 28.5 Å². The largest absolute Gasteiger partial charge is 0.452 e. The van der Waals surface area contributed by atoms with Crippen LogP contribution in [-0.4, -0.2) is 54.2 Å². The summed E-state index contributed by atoms with van der Waals surface area (Å²) in [6.07, 6.45) is 0. The molecule has 0 saturated heterocycles. The van der Waals surface area contributed by atoms with Crippen LogP contribution in [0.5, 0.6) is 0 Å². The van der Waals surface area contributed by atoms with Crippen LogP contribution in [0.3, 0.4) is 0 Å². The maximum atomic E-state index is 12.9. The fraction of sp³-hybridized carbons (Fsp3) is 0.261. The first kappa shape index (κ1) is 22.7. The van der Waals surface area contributed by atoms with Gasteiger partial charge in [0.2, 0.25) is 5.91 Å². The minimum atomic E-state index is -0.758. The average Bonchev–Trinajstić information content (AvgIpc) is 3.02. The van der Waals surface area contributed by atoms with Gasteiger partial charge in [0, 0.05) is 25.7 Å². The molecule has 2 aromatic carbocycles. The Morgan fingerprint density at radius 3 is 2.16 bits per heavy atom. The average molecular weight is 437 g/mol. The monoisotopic (exact) mass is 437 g/mol. The number of amides is 4. The summed E-state index contributed by atoms with van der Waals surface area (Å²) in [5.74, 6) is -2.41. The lowest BCUT2D eigenvalue weighted by molar-refractivity contribution is -0.134. The molecule has 9 nitrogen and oxygen atoms in total. The topological polar surface area (TPSA) is 113 Å². The summed E-state index contributed by atoms with van der Waals surface area (Å²) in [5.41, 5.74) is 1.17. The minimum absolute atomic E-state index is 0.0695. The van der Waals surface area contributed by atoms with Gasteiger partial charge in [-0.2, -0.15) is 0 Å². The first-order valence-electron chi connectivity index (χ1n) is 10.1. The summed E-state index contributed by atoms with van der Waals surface area (Å²) in [4.78, 5) is 63.8. The number of rotatable bonds is 7. The number of nitrogens with zero attached hydrogens (tertiary/aromatic N) is 2. The predicted molar refractivity (Wildman–Crippen MR) is 117 cm³/mol. The lowest BCUT2D eigenvalue weighted by Gasteiger charge is -2.18. The summed E-state index contributed by atoms with van der Waals surface area (Å²) in [7, 11) is 0. The lowest BCUT2D eigenvalue weighted by atomic mass is 10.1. The molecule has 1 heterocycles.